The lowest BCUT2D eigenvalue weighted by Gasteiger charge is -2.19. The Hall–Kier alpha value is -2.88. The molecule has 1 aliphatic heterocycles. The number of nitrogens with zero attached hydrogens (tertiary/aromatic N) is 2. The lowest BCUT2D eigenvalue weighted by molar-refractivity contribution is 0.0726. The van der Waals surface area contributed by atoms with Crippen molar-refractivity contribution in [2.45, 2.75) is 26.4 Å². The maximum Gasteiger partial charge on any atom is 0.273 e. The van der Waals surface area contributed by atoms with Crippen molar-refractivity contribution in [2.75, 3.05) is 7.11 Å². The van der Waals surface area contributed by atoms with Crippen LogP contribution in [-0.2, 0) is 6.54 Å². The number of hydrogen-bond donors (Lipinski definition) is 0. The van der Waals surface area contributed by atoms with E-state index in [1.807, 2.05) is 55.1 Å². The molecule has 4 rings (SSSR count). The van der Waals surface area contributed by atoms with Crippen LogP contribution in [0.3, 0.4) is 0 Å². The van der Waals surface area contributed by atoms with Crippen molar-refractivity contribution < 1.29 is 9.53 Å². The third-order valence-electron chi connectivity index (χ3n) is 4.77. The van der Waals surface area contributed by atoms with Crippen LogP contribution in [0.15, 0.2) is 48.5 Å². The van der Waals surface area contributed by atoms with Gasteiger partial charge in [-0.2, -0.15) is 0 Å². The summed E-state index contributed by atoms with van der Waals surface area (Å²) in [5.41, 5.74) is 4.57. The van der Waals surface area contributed by atoms with E-state index in [1.54, 1.807) is 7.11 Å². The number of carbonyl (C=O) groups is 1. The van der Waals surface area contributed by atoms with Gasteiger partial charge in [0.05, 0.1) is 12.6 Å². The smallest absolute Gasteiger partial charge is 0.273 e. The molecule has 0 saturated carbocycles. The lowest BCUT2D eigenvalue weighted by atomic mass is 9.95. The molecule has 0 atom stereocenters. The quantitative estimate of drug-likeness (QED) is 0.719. The second-order valence-electron chi connectivity index (χ2n) is 6.59. The number of fused-ring (bicyclic) bond motifs is 2. The molecule has 0 fully saturated rings. The fourth-order valence-electron chi connectivity index (χ4n) is 3.47. The minimum Gasteiger partial charge on any atom is -0.497 e. The molecule has 0 spiro atoms. The van der Waals surface area contributed by atoms with Gasteiger partial charge in [-0.1, -0.05) is 30.3 Å². The van der Waals surface area contributed by atoms with E-state index in [0.29, 0.717) is 12.2 Å². The summed E-state index contributed by atoms with van der Waals surface area (Å²) in [5.74, 6) is 0.802. The van der Waals surface area contributed by atoms with Crippen LogP contribution in [0.5, 0.6) is 5.75 Å². The van der Waals surface area contributed by atoms with Gasteiger partial charge in [-0.25, -0.2) is 4.98 Å². The van der Waals surface area contributed by atoms with E-state index in [4.69, 9.17) is 4.74 Å². The van der Waals surface area contributed by atoms with Gasteiger partial charge in [0.2, 0.25) is 0 Å². The number of hydrogen-bond acceptors (Lipinski definition) is 3. The van der Waals surface area contributed by atoms with Gasteiger partial charge in [-0.05, 0) is 43.2 Å². The molecule has 0 N–H and O–H groups in total. The zero-order valence-electron chi connectivity index (χ0n) is 14.6. The van der Waals surface area contributed by atoms with Crippen LogP contribution in [0.4, 0.5) is 0 Å². The van der Waals surface area contributed by atoms with Crippen LogP contribution >= 0.6 is 0 Å². The van der Waals surface area contributed by atoms with E-state index < -0.39 is 0 Å². The summed E-state index contributed by atoms with van der Waals surface area (Å²) < 4.78 is 5.41. The third-order valence-corrected chi connectivity index (χ3v) is 4.77. The minimum absolute atomic E-state index is 0.0138. The molecule has 0 radical (unpaired) electrons. The average molecular weight is 332 g/mol. The molecule has 0 saturated heterocycles. The van der Waals surface area contributed by atoms with Crippen molar-refractivity contribution in [1.82, 2.24) is 9.88 Å². The summed E-state index contributed by atoms with van der Waals surface area (Å²) in [7, 11) is 1.66. The lowest BCUT2D eigenvalue weighted by Crippen LogP contribution is -2.31. The number of pyridine rings is 1. The zero-order valence-corrected chi connectivity index (χ0v) is 14.6. The second kappa shape index (κ2) is 5.88. The summed E-state index contributed by atoms with van der Waals surface area (Å²) in [6, 6.07) is 16.2. The molecular weight excluding hydrogens is 312 g/mol. The van der Waals surface area contributed by atoms with E-state index >= 15 is 0 Å². The predicted molar refractivity (Wildman–Crippen MR) is 98.7 cm³/mol. The number of benzene rings is 2. The Labute approximate surface area is 147 Å². The van der Waals surface area contributed by atoms with E-state index in [-0.39, 0.29) is 11.9 Å². The van der Waals surface area contributed by atoms with Crippen molar-refractivity contribution in [2.24, 2.45) is 0 Å². The Morgan fingerprint density at radius 2 is 1.88 bits per heavy atom. The van der Waals surface area contributed by atoms with E-state index in [0.717, 1.165) is 33.3 Å². The fourth-order valence-corrected chi connectivity index (χ4v) is 3.47. The van der Waals surface area contributed by atoms with Crippen molar-refractivity contribution >= 4 is 16.8 Å². The summed E-state index contributed by atoms with van der Waals surface area (Å²) in [6.07, 6.45) is 0. The van der Waals surface area contributed by atoms with Crippen molar-refractivity contribution in [3.8, 4) is 16.9 Å². The zero-order chi connectivity index (χ0) is 17.6. The van der Waals surface area contributed by atoms with Crippen LogP contribution in [-0.4, -0.2) is 28.9 Å². The van der Waals surface area contributed by atoms with Crippen molar-refractivity contribution in [3.63, 3.8) is 0 Å². The topological polar surface area (TPSA) is 42.4 Å². The van der Waals surface area contributed by atoms with Crippen molar-refractivity contribution in [3.05, 3.63) is 59.8 Å². The highest BCUT2D eigenvalue weighted by atomic mass is 16.5. The molecule has 1 aliphatic rings. The first-order valence-electron chi connectivity index (χ1n) is 8.47. The average Bonchev–Trinajstić information content (AvgIpc) is 2.96. The van der Waals surface area contributed by atoms with Crippen LogP contribution in [0.25, 0.3) is 22.0 Å². The SMILES string of the molecule is COc1ccc2nc3c(c(-c4ccccc4)c2c1)CN(C(C)C)C3=O. The first kappa shape index (κ1) is 15.6. The molecular formula is C21H20N2O2. The molecule has 0 unspecified atom stereocenters. The van der Waals surface area contributed by atoms with E-state index in [2.05, 4.69) is 17.1 Å². The highest BCUT2D eigenvalue weighted by Crippen LogP contribution is 2.38. The monoisotopic (exact) mass is 332 g/mol. The highest BCUT2D eigenvalue weighted by Gasteiger charge is 2.34. The van der Waals surface area contributed by atoms with Gasteiger partial charge < -0.3 is 9.64 Å². The van der Waals surface area contributed by atoms with Gasteiger partial charge in [0.1, 0.15) is 11.4 Å². The minimum atomic E-state index is 0.0138. The number of methoxy groups -OCH3 is 1. The summed E-state index contributed by atoms with van der Waals surface area (Å²) >= 11 is 0. The normalized spacial score (nSPS) is 13.6. The first-order chi connectivity index (χ1) is 12.1. The van der Waals surface area contributed by atoms with Crippen LogP contribution in [0, 0.1) is 0 Å². The molecule has 4 heteroatoms. The highest BCUT2D eigenvalue weighted by molar-refractivity contribution is 6.06. The Bertz CT molecular complexity index is 965. The molecule has 25 heavy (non-hydrogen) atoms. The van der Waals surface area contributed by atoms with Crippen LogP contribution < -0.4 is 4.74 Å². The van der Waals surface area contributed by atoms with E-state index in [9.17, 15) is 4.79 Å². The van der Waals surface area contributed by atoms with Gasteiger partial charge >= 0.3 is 0 Å². The Morgan fingerprint density at radius 3 is 2.56 bits per heavy atom. The number of aromatic nitrogens is 1. The Morgan fingerprint density at radius 1 is 1.12 bits per heavy atom. The Balaban J connectivity index is 2.06. The third kappa shape index (κ3) is 2.45. The van der Waals surface area contributed by atoms with Gasteiger partial charge in [-0.15, -0.1) is 0 Å². The molecule has 2 aromatic carbocycles. The molecule has 1 amide bonds. The number of amides is 1. The molecule has 126 valence electrons. The molecule has 1 aromatic heterocycles. The van der Waals surface area contributed by atoms with Gasteiger partial charge in [0, 0.05) is 23.5 Å². The molecule has 3 aromatic rings. The van der Waals surface area contributed by atoms with Crippen LogP contribution in [0.1, 0.15) is 29.9 Å². The van der Waals surface area contributed by atoms with Gasteiger partial charge in [-0.3, -0.25) is 4.79 Å². The second-order valence-corrected chi connectivity index (χ2v) is 6.59. The maximum atomic E-state index is 12.8. The van der Waals surface area contributed by atoms with Crippen molar-refractivity contribution in [1.29, 1.82) is 0 Å². The number of carbonyl (C=O) groups excluding carboxylic acids is 1. The van der Waals surface area contributed by atoms with Gasteiger partial charge in [0.15, 0.2) is 0 Å². The number of ether oxygens (including phenoxy) is 1. The van der Waals surface area contributed by atoms with E-state index in [1.165, 1.54) is 0 Å². The summed E-state index contributed by atoms with van der Waals surface area (Å²) in [6.45, 7) is 4.67. The molecule has 0 aliphatic carbocycles. The molecule has 0 bridgehead atoms. The van der Waals surface area contributed by atoms with Crippen LogP contribution in [0.2, 0.25) is 0 Å². The summed E-state index contributed by atoms with van der Waals surface area (Å²) in [5, 5.41) is 1.02. The fraction of sp³-hybridized carbons (Fsp3) is 0.238. The molecule has 4 nitrogen and oxygen atoms in total. The largest absolute Gasteiger partial charge is 0.497 e. The maximum absolute atomic E-state index is 12.8. The first-order valence-corrected chi connectivity index (χ1v) is 8.47. The molecule has 2 heterocycles. The standard InChI is InChI=1S/C21H20N2O2/c1-13(2)23-12-17-19(14-7-5-4-6-8-14)16-11-15(25-3)9-10-18(16)22-20(17)21(23)24/h4-11,13H,12H2,1-3H3. The number of rotatable bonds is 3. The van der Waals surface area contributed by atoms with Gasteiger partial charge in [0.25, 0.3) is 5.91 Å². The summed E-state index contributed by atoms with van der Waals surface area (Å²) in [4.78, 5) is 19.4. The Kier molecular flexibility index (Phi) is 3.68. The predicted octanol–water partition coefficient (Wildman–Crippen LogP) is 4.27.